The van der Waals surface area contributed by atoms with Crippen LogP contribution in [0.5, 0.6) is 0 Å². The molecule has 12 aromatic carbocycles. The fourth-order valence-corrected chi connectivity index (χ4v) is 10.9. The van der Waals surface area contributed by atoms with Crippen molar-refractivity contribution in [2.45, 2.75) is 0 Å². The summed E-state index contributed by atoms with van der Waals surface area (Å²) in [6.07, 6.45) is 1.93. The highest BCUT2D eigenvalue weighted by Crippen LogP contribution is 2.46. The summed E-state index contributed by atoms with van der Waals surface area (Å²) in [7, 11) is 0. The fourth-order valence-electron chi connectivity index (χ4n) is 10.9. The summed E-state index contributed by atoms with van der Waals surface area (Å²) >= 11 is 0. The van der Waals surface area contributed by atoms with Crippen LogP contribution in [0.3, 0.4) is 0 Å². The largest absolute Gasteiger partial charge is 0.455 e. The van der Waals surface area contributed by atoms with Gasteiger partial charge in [-0.1, -0.05) is 212 Å². The Morgan fingerprint density at radius 3 is 1.04 bits per heavy atom. The van der Waals surface area contributed by atoms with Crippen molar-refractivity contribution in [3.8, 4) is 89.1 Å². The van der Waals surface area contributed by atoms with Gasteiger partial charge in [-0.15, -0.1) is 0 Å². The molecule has 0 saturated heterocycles. The minimum absolute atomic E-state index is 0.810. The predicted octanol–water partition coefficient (Wildman–Crippen LogP) is 19.2. The topological polar surface area (TPSA) is 38.9 Å². The number of benzene rings is 12. The van der Waals surface area contributed by atoms with E-state index >= 15 is 0 Å². The summed E-state index contributed by atoms with van der Waals surface area (Å²) in [4.78, 5) is 10.6. The predicted molar refractivity (Wildman–Crippen MR) is 305 cm³/mol. The molecule has 0 aliphatic carbocycles. The lowest BCUT2D eigenvalue weighted by Gasteiger charge is -2.12. The van der Waals surface area contributed by atoms with Crippen molar-refractivity contribution in [1.29, 1.82) is 0 Å². The highest BCUT2D eigenvalue weighted by atomic mass is 16.3. The summed E-state index contributed by atoms with van der Waals surface area (Å²) in [6, 6.07) is 93.5. The van der Waals surface area contributed by atoms with E-state index in [1.807, 2.05) is 6.20 Å². The minimum atomic E-state index is 0.810. The first-order valence-electron chi connectivity index (χ1n) is 24.9. The van der Waals surface area contributed by atoms with Gasteiger partial charge in [0.05, 0.1) is 22.9 Å². The van der Waals surface area contributed by atoms with E-state index in [1.54, 1.807) is 0 Å². The Morgan fingerprint density at radius 2 is 0.575 bits per heavy atom. The van der Waals surface area contributed by atoms with Gasteiger partial charge in [0.2, 0.25) is 0 Å². The van der Waals surface area contributed by atoms with Gasteiger partial charge < -0.3 is 4.42 Å². The molecule has 3 nitrogen and oxygen atoms in total. The third kappa shape index (κ3) is 7.54. The number of nitrogens with zero attached hydrogens (tertiary/aromatic N) is 2. The lowest BCUT2D eigenvalue weighted by atomic mass is 9.91. The van der Waals surface area contributed by atoms with Crippen molar-refractivity contribution in [1.82, 2.24) is 9.97 Å². The molecule has 0 aliphatic heterocycles. The zero-order valence-electron chi connectivity index (χ0n) is 39.7. The number of furan rings is 1. The minimum Gasteiger partial charge on any atom is -0.455 e. The molecule has 340 valence electrons. The number of aromatic nitrogens is 2. The Bertz CT molecular complexity index is 4390. The van der Waals surface area contributed by atoms with Crippen LogP contribution in [0.2, 0.25) is 0 Å². The second-order valence-electron chi connectivity index (χ2n) is 18.9. The summed E-state index contributed by atoms with van der Waals surface area (Å²) in [6.45, 7) is 0. The molecule has 0 N–H and O–H groups in total. The SMILES string of the molecule is c1ccc(-c2cccc(-c3cc(-c4cccc(-c5ccccc5)c4)c4oc5c(-c6cccc(-c7cnc8c9ccccc9c9ccccc9c8n7)c6)cc(-c6cccc(-c7ccccc7)c6)cc5c4c3)c2)cc1. The summed E-state index contributed by atoms with van der Waals surface area (Å²) in [5, 5.41) is 6.64. The molecule has 14 aromatic rings. The van der Waals surface area contributed by atoms with Crippen molar-refractivity contribution in [3.05, 3.63) is 267 Å². The van der Waals surface area contributed by atoms with E-state index in [4.69, 9.17) is 14.4 Å². The van der Waals surface area contributed by atoms with Gasteiger partial charge in [0, 0.05) is 38.2 Å². The normalized spacial score (nSPS) is 11.6. The quantitative estimate of drug-likeness (QED) is 0.143. The Hall–Kier alpha value is -9.70. The average Bonchev–Trinajstić information content (AvgIpc) is 3.86. The smallest absolute Gasteiger partial charge is 0.143 e. The van der Waals surface area contributed by atoms with E-state index in [2.05, 4.69) is 261 Å². The van der Waals surface area contributed by atoms with Gasteiger partial charge in [0.15, 0.2) is 0 Å². The van der Waals surface area contributed by atoms with E-state index in [-0.39, 0.29) is 0 Å². The van der Waals surface area contributed by atoms with Crippen molar-refractivity contribution in [2.75, 3.05) is 0 Å². The Balaban J connectivity index is 1.01. The second-order valence-corrected chi connectivity index (χ2v) is 18.9. The molecule has 0 saturated carbocycles. The van der Waals surface area contributed by atoms with E-state index in [9.17, 15) is 0 Å². The van der Waals surface area contributed by atoms with Crippen molar-refractivity contribution in [2.24, 2.45) is 0 Å². The maximum Gasteiger partial charge on any atom is 0.143 e. The monoisotopic (exact) mass is 928 g/mol. The van der Waals surface area contributed by atoms with Crippen LogP contribution in [0.1, 0.15) is 0 Å². The average molecular weight is 929 g/mol. The van der Waals surface area contributed by atoms with Crippen LogP contribution in [0.15, 0.2) is 271 Å². The summed E-state index contributed by atoms with van der Waals surface area (Å²) in [5.41, 5.74) is 20.9. The van der Waals surface area contributed by atoms with Crippen LogP contribution in [0, 0.1) is 0 Å². The highest BCUT2D eigenvalue weighted by molar-refractivity contribution is 6.23. The van der Waals surface area contributed by atoms with E-state index in [1.165, 1.54) is 33.0 Å². The number of hydrogen-bond donors (Lipinski definition) is 0. The van der Waals surface area contributed by atoms with Gasteiger partial charge in [-0.3, -0.25) is 4.98 Å². The molecule has 0 radical (unpaired) electrons. The van der Waals surface area contributed by atoms with Crippen molar-refractivity contribution >= 4 is 54.5 Å². The third-order valence-electron chi connectivity index (χ3n) is 14.5. The van der Waals surface area contributed by atoms with Gasteiger partial charge in [-0.05, 0) is 126 Å². The molecule has 0 spiro atoms. The van der Waals surface area contributed by atoms with E-state index in [0.29, 0.717) is 0 Å². The van der Waals surface area contributed by atoms with Crippen LogP contribution < -0.4 is 0 Å². The molecular formula is C70H44N2O. The van der Waals surface area contributed by atoms with Gasteiger partial charge >= 0.3 is 0 Å². The number of rotatable bonds is 8. The Morgan fingerprint density at radius 1 is 0.233 bits per heavy atom. The zero-order valence-corrected chi connectivity index (χ0v) is 39.7. The highest BCUT2D eigenvalue weighted by Gasteiger charge is 2.21. The van der Waals surface area contributed by atoms with E-state index in [0.717, 1.165) is 111 Å². The van der Waals surface area contributed by atoms with Crippen molar-refractivity contribution < 1.29 is 4.42 Å². The maximum atomic E-state index is 7.40. The Labute approximate surface area is 423 Å². The lowest BCUT2D eigenvalue weighted by molar-refractivity contribution is 0.671. The van der Waals surface area contributed by atoms with Crippen LogP contribution in [-0.2, 0) is 0 Å². The molecule has 0 aliphatic rings. The zero-order chi connectivity index (χ0) is 48.2. The molecule has 0 unspecified atom stereocenters. The van der Waals surface area contributed by atoms with Crippen LogP contribution in [0.4, 0.5) is 0 Å². The molecule has 73 heavy (non-hydrogen) atoms. The molecular weight excluding hydrogens is 885 g/mol. The van der Waals surface area contributed by atoms with Crippen molar-refractivity contribution in [3.63, 3.8) is 0 Å². The van der Waals surface area contributed by atoms with E-state index < -0.39 is 0 Å². The summed E-state index contributed by atoms with van der Waals surface area (Å²) < 4.78 is 7.40. The first kappa shape index (κ1) is 42.2. The number of hydrogen-bond acceptors (Lipinski definition) is 3. The standard InChI is InChI=1S/C70H44N2O/c1-4-18-45(19-5-1)48-24-14-27-51(36-48)56-40-62(53-29-16-26-50(38-53)47-22-8-3-9-23-47)69-64(42-56)65-43-57(52-28-15-25-49(37-52)46-20-6-2-7-21-46)41-63(70(65)73-69)54-30-17-31-55(39-54)66-44-71-67-60-34-12-10-32-58(60)59-33-11-13-35-61(59)68(67)72-66/h1-44H. The number of fused-ring (bicyclic) bond motifs is 9. The fraction of sp³-hybridized carbons (Fsp3) is 0. The van der Waals surface area contributed by atoms with Gasteiger partial charge in [-0.25, -0.2) is 4.98 Å². The first-order chi connectivity index (χ1) is 36.2. The van der Waals surface area contributed by atoms with Gasteiger partial charge in [-0.2, -0.15) is 0 Å². The lowest BCUT2D eigenvalue weighted by Crippen LogP contribution is -1.92. The third-order valence-corrected chi connectivity index (χ3v) is 14.5. The van der Waals surface area contributed by atoms with Gasteiger partial charge in [0.1, 0.15) is 11.2 Å². The van der Waals surface area contributed by atoms with Gasteiger partial charge in [0.25, 0.3) is 0 Å². The molecule has 2 heterocycles. The molecule has 0 fully saturated rings. The molecule has 0 bridgehead atoms. The van der Waals surface area contributed by atoms with Crippen LogP contribution in [0.25, 0.3) is 144 Å². The molecule has 14 rings (SSSR count). The summed E-state index contributed by atoms with van der Waals surface area (Å²) in [5.74, 6) is 0. The molecule has 3 heteroatoms. The maximum absolute atomic E-state index is 7.40. The molecule has 0 atom stereocenters. The van der Waals surface area contributed by atoms with Crippen LogP contribution in [-0.4, -0.2) is 9.97 Å². The Kier molecular flexibility index (Phi) is 10.2. The molecule has 0 amide bonds. The van der Waals surface area contributed by atoms with Crippen LogP contribution >= 0.6 is 0 Å². The first-order valence-corrected chi connectivity index (χ1v) is 24.9. The molecule has 2 aromatic heterocycles. The second kappa shape index (κ2) is 17.6.